The summed E-state index contributed by atoms with van der Waals surface area (Å²) in [5.74, 6) is -1.81. The first-order chi connectivity index (χ1) is 7.41. The fraction of sp³-hybridized carbons (Fsp3) is 0.182. The summed E-state index contributed by atoms with van der Waals surface area (Å²) in [6, 6.07) is 6.50. The van der Waals surface area contributed by atoms with E-state index in [4.69, 9.17) is 0 Å². The lowest BCUT2D eigenvalue weighted by molar-refractivity contribution is -0.0889. The molecule has 2 heterocycles. The van der Waals surface area contributed by atoms with Gasteiger partial charge in [-0.15, -0.1) is 0 Å². The molecule has 0 aliphatic carbocycles. The van der Waals surface area contributed by atoms with Crippen molar-refractivity contribution in [2.45, 2.75) is 13.1 Å². The van der Waals surface area contributed by atoms with E-state index in [2.05, 4.69) is 0 Å². The lowest BCUT2D eigenvalue weighted by Gasteiger charge is -2.06. The van der Waals surface area contributed by atoms with Crippen molar-refractivity contribution in [1.82, 2.24) is 4.40 Å². The van der Waals surface area contributed by atoms with Gasteiger partial charge in [0.2, 0.25) is 0 Å². The van der Waals surface area contributed by atoms with Crippen LogP contribution in [-0.4, -0.2) is 16.4 Å². The number of Topliss-reactive ketones (excluding diaryl/α,β-unsaturated/α-hetero) is 1. The molecule has 0 fully saturated rings. The average Bonchev–Trinajstić information content (AvgIpc) is 2.51. The van der Waals surface area contributed by atoms with Gasteiger partial charge in [0.1, 0.15) is 5.69 Å². The zero-order valence-corrected chi connectivity index (χ0v) is 8.38. The molecule has 0 N–H and O–H groups in total. The van der Waals surface area contributed by atoms with Crippen LogP contribution in [0.2, 0.25) is 0 Å². The van der Waals surface area contributed by atoms with E-state index < -0.39 is 12.0 Å². The highest BCUT2D eigenvalue weighted by molar-refractivity contribution is 6.01. The number of hydrogen-bond donors (Lipinski definition) is 0. The lowest BCUT2D eigenvalue weighted by atomic mass is 10.2. The molecule has 0 bridgehead atoms. The minimum Gasteiger partial charge on any atom is -0.313 e. The normalized spacial score (nSPS) is 12.0. The van der Waals surface area contributed by atoms with Crippen molar-refractivity contribution in [3.63, 3.8) is 0 Å². The topological polar surface area (TPSA) is 21.5 Å². The van der Waals surface area contributed by atoms with E-state index in [0.29, 0.717) is 11.1 Å². The first-order valence-corrected chi connectivity index (χ1v) is 4.59. The molecular weight excluding hydrogens is 219 g/mol. The number of pyridine rings is 1. The van der Waals surface area contributed by atoms with Crippen LogP contribution in [0.15, 0.2) is 30.5 Å². The summed E-state index contributed by atoms with van der Waals surface area (Å²) in [6.45, 7) is 1.49. The van der Waals surface area contributed by atoms with E-state index in [-0.39, 0.29) is 5.69 Å². The van der Waals surface area contributed by atoms with Gasteiger partial charge >= 0.3 is 6.18 Å². The summed E-state index contributed by atoms with van der Waals surface area (Å²) in [4.78, 5) is 11.2. The van der Waals surface area contributed by atoms with Crippen molar-refractivity contribution in [3.05, 3.63) is 41.7 Å². The first kappa shape index (κ1) is 10.7. The quantitative estimate of drug-likeness (QED) is 0.686. The molecular formula is C11H8F3NO. The average molecular weight is 227 g/mol. The number of halogens is 3. The molecule has 0 saturated carbocycles. The smallest absolute Gasteiger partial charge is 0.313 e. The molecule has 84 valence electrons. The van der Waals surface area contributed by atoms with E-state index in [1.807, 2.05) is 0 Å². The number of carbonyl (C=O) groups excluding carboxylic acids is 1. The highest BCUT2D eigenvalue weighted by atomic mass is 19.4. The van der Waals surface area contributed by atoms with Crippen molar-refractivity contribution < 1.29 is 18.0 Å². The van der Waals surface area contributed by atoms with Crippen LogP contribution in [0.1, 0.15) is 16.1 Å². The fourth-order valence-electron chi connectivity index (χ4n) is 1.68. The Hall–Kier alpha value is -1.78. The molecule has 0 unspecified atom stereocenters. The zero-order valence-electron chi connectivity index (χ0n) is 8.38. The molecule has 2 rings (SSSR count). The molecule has 0 amide bonds. The van der Waals surface area contributed by atoms with E-state index in [1.54, 1.807) is 24.3 Å². The molecule has 2 aromatic rings. The van der Waals surface area contributed by atoms with Crippen LogP contribution in [0.4, 0.5) is 13.2 Å². The maximum atomic E-state index is 12.4. The van der Waals surface area contributed by atoms with Crippen LogP contribution in [0.25, 0.3) is 5.52 Å². The van der Waals surface area contributed by atoms with Crippen LogP contribution in [0.3, 0.4) is 0 Å². The highest BCUT2D eigenvalue weighted by Crippen LogP contribution is 2.25. The number of aromatic nitrogens is 1. The first-order valence-electron chi connectivity index (χ1n) is 4.59. The number of ketones is 1. The Kier molecular flexibility index (Phi) is 2.26. The molecule has 16 heavy (non-hydrogen) atoms. The Labute approximate surface area is 89.3 Å². The summed E-state index contributed by atoms with van der Waals surface area (Å²) in [5, 5.41) is 0. The highest BCUT2D eigenvalue weighted by Gasteiger charge is 2.41. The number of hydrogen-bond acceptors (Lipinski definition) is 1. The van der Waals surface area contributed by atoms with Crippen molar-refractivity contribution in [3.8, 4) is 0 Å². The molecule has 0 aliphatic heterocycles. The van der Waals surface area contributed by atoms with Crippen LogP contribution in [-0.2, 0) is 0 Å². The number of aryl methyl sites for hydroxylation is 1. The van der Waals surface area contributed by atoms with Crippen LogP contribution in [0, 0.1) is 6.92 Å². The van der Waals surface area contributed by atoms with Crippen LogP contribution in [0.5, 0.6) is 0 Å². The molecule has 0 atom stereocenters. The van der Waals surface area contributed by atoms with Gasteiger partial charge in [-0.3, -0.25) is 4.79 Å². The second-order valence-corrected chi connectivity index (χ2v) is 3.50. The summed E-state index contributed by atoms with van der Waals surface area (Å²) in [6.07, 6.45) is -3.39. The summed E-state index contributed by atoms with van der Waals surface area (Å²) in [5.41, 5.74) is 0.587. The number of carbonyl (C=O) groups is 1. The second-order valence-electron chi connectivity index (χ2n) is 3.50. The Morgan fingerprint density at radius 2 is 2.00 bits per heavy atom. The lowest BCUT2D eigenvalue weighted by Crippen LogP contribution is -2.24. The fourth-order valence-corrected chi connectivity index (χ4v) is 1.68. The van der Waals surface area contributed by atoms with Gasteiger partial charge in [-0.05, 0) is 30.7 Å². The number of alkyl halides is 3. The van der Waals surface area contributed by atoms with Gasteiger partial charge in [0.25, 0.3) is 5.78 Å². The largest absolute Gasteiger partial charge is 0.456 e. The SMILES string of the molecule is Cc1cc2ccccn2c1C(=O)C(F)(F)F. The van der Waals surface area contributed by atoms with Gasteiger partial charge < -0.3 is 4.40 Å². The molecule has 2 aromatic heterocycles. The minimum absolute atomic E-state index is 0.317. The Morgan fingerprint density at radius 1 is 1.31 bits per heavy atom. The molecule has 0 radical (unpaired) electrons. The third-order valence-corrected chi connectivity index (χ3v) is 2.34. The zero-order chi connectivity index (χ0) is 11.9. The van der Waals surface area contributed by atoms with Gasteiger partial charge in [-0.2, -0.15) is 13.2 Å². The van der Waals surface area contributed by atoms with Crippen molar-refractivity contribution in [2.75, 3.05) is 0 Å². The van der Waals surface area contributed by atoms with Crippen LogP contribution < -0.4 is 0 Å². The number of nitrogens with zero attached hydrogens (tertiary/aromatic N) is 1. The molecule has 0 aromatic carbocycles. The van der Waals surface area contributed by atoms with E-state index in [1.165, 1.54) is 17.5 Å². The van der Waals surface area contributed by atoms with Crippen LogP contribution >= 0.6 is 0 Å². The summed E-state index contributed by atoms with van der Waals surface area (Å²) in [7, 11) is 0. The third-order valence-electron chi connectivity index (χ3n) is 2.34. The number of fused-ring (bicyclic) bond motifs is 1. The van der Waals surface area contributed by atoms with Gasteiger partial charge in [-0.25, -0.2) is 0 Å². The Morgan fingerprint density at radius 3 is 2.62 bits per heavy atom. The number of rotatable bonds is 1. The molecule has 0 saturated heterocycles. The molecule has 2 nitrogen and oxygen atoms in total. The summed E-state index contributed by atoms with van der Waals surface area (Å²) < 4.78 is 38.3. The van der Waals surface area contributed by atoms with Gasteiger partial charge in [0.15, 0.2) is 0 Å². The molecule has 0 aliphatic rings. The monoisotopic (exact) mass is 227 g/mol. The Bertz CT molecular complexity index is 554. The van der Waals surface area contributed by atoms with Crippen molar-refractivity contribution in [1.29, 1.82) is 0 Å². The second kappa shape index (κ2) is 3.37. The predicted octanol–water partition coefficient (Wildman–Crippen LogP) is 2.99. The minimum atomic E-state index is -4.84. The van der Waals surface area contributed by atoms with Gasteiger partial charge in [-0.1, -0.05) is 6.07 Å². The predicted molar refractivity (Wildman–Crippen MR) is 52.5 cm³/mol. The van der Waals surface area contributed by atoms with Gasteiger partial charge in [0, 0.05) is 11.7 Å². The van der Waals surface area contributed by atoms with E-state index >= 15 is 0 Å². The maximum absolute atomic E-state index is 12.4. The van der Waals surface area contributed by atoms with E-state index in [9.17, 15) is 18.0 Å². The molecule has 5 heteroatoms. The maximum Gasteiger partial charge on any atom is 0.456 e. The third kappa shape index (κ3) is 1.58. The van der Waals surface area contributed by atoms with Crippen molar-refractivity contribution in [2.24, 2.45) is 0 Å². The van der Waals surface area contributed by atoms with Gasteiger partial charge in [0.05, 0.1) is 0 Å². The van der Waals surface area contributed by atoms with E-state index in [0.717, 1.165) is 0 Å². The standard InChI is InChI=1S/C11H8F3NO/c1-7-6-8-4-2-3-5-15(8)9(7)10(16)11(12,13)14/h2-6H,1H3. The Balaban J connectivity index is 2.69. The summed E-state index contributed by atoms with van der Waals surface area (Å²) >= 11 is 0. The van der Waals surface area contributed by atoms with Crippen molar-refractivity contribution >= 4 is 11.3 Å². The molecule has 0 spiro atoms.